The first-order chi connectivity index (χ1) is 7.18. The van der Waals surface area contributed by atoms with Crippen molar-refractivity contribution in [3.63, 3.8) is 0 Å². The summed E-state index contributed by atoms with van der Waals surface area (Å²) in [6.07, 6.45) is 0.524. The van der Waals surface area contributed by atoms with Gasteiger partial charge in [0, 0.05) is 12.6 Å². The van der Waals surface area contributed by atoms with E-state index >= 15 is 0 Å². The summed E-state index contributed by atoms with van der Waals surface area (Å²) in [5.41, 5.74) is 1.28. The van der Waals surface area contributed by atoms with Crippen molar-refractivity contribution in [1.29, 1.82) is 0 Å². The lowest BCUT2D eigenvalue weighted by Gasteiger charge is -2.40. The maximum absolute atomic E-state index is 6.01. The largest absolute Gasteiger partial charge is 0.368 e. The van der Waals surface area contributed by atoms with Crippen LogP contribution in [0, 0.1) is 0 Å². The lowest BCUT2D eigenvalue weighted by atomic mass is 10.0. The van der Waals surface area contributed by atoms with E-state index in [1.165, 1.54) is 5.56 Å². The summed E-state index contributed by atoms with van der Waals surface area (Å²) in [6, 6.07) is 11.0. The van der Waals surface area contributed by atoms with E-state index in [0.717, 1.165) is 6.54 Å². The lowest BCUT2D eigenvalue weighted by Crippen LogP contribution is -2.47. The van der Waals surface area contributed by atoms with E-state index < -0.39 is 0 Å². The van der Waals surface area contributed by atoms with Crippen LogP contribution >= 0.6 is 0 Å². The molecule has 2 heteroatoms. The SMILES string of the molecule is CC1OC(c2ccccc2)CN(C)C1C. The fraction of sp³-hybridized carbons (Fsp3) is 0.538. The molecule has 1 aliphatic rings. The third kappa shape index (κ3) is 2.21. The van der Waals surface area contributed by atoms with Gasteiger partial charge in [0.1, 0.15) is 0 Å². The summed E-state index contributed by atoms with van der Waals surface area (Å²) in [4.78, 5) is 2.37. The number of rotatable bonds is 1. The molecule has 1 aromatic carbocycles. The molecule has 1 heterocycles. The maximum Gasteiger partial charge on any atom is 0.0956 e. The molecule has 0 aliphatic carbocycles. The molecule has 0 radical (unpaired) electrons. The van der Waals surface area contributed by atoms with Crippen LogP contribution in [0.15, 0.2) is 30.3 Å². The number of nitrogens with zero attached hydrogens (tertiary/aromatic N) is 1. The number of likely N-dealkylation sites (N-methyl/N-ethyl adjacent to an activating group) is 1. The van der Waals surface area contributed by atoms with E-state index in [2.05, 4.69) is 50.1 Å². The summed E-state index contributed by atoms with van der Waals surface area (Å²) in [5, 5.41) is 0. The third-order valence-electron chi connectivity index (χ3n) is 3.38. The molecule has 3 unspecified atom stereocenters. The lowest BCUT2D eigenvalue weighted by molar-refractivity contribution is -0.101. The maximum atomic E-state index is 6.01. The van der Waals surface area contributed by atoms with Crippen molar-refractivity contribution in [3.05, 3.63) is 35.9 Å². The molecule has 3 atom stereocenters. The molecule has 1 aromatic rings. The predicted octanol–water partition coefficient (Wildman–Crippen LogP) is 2.47. The Morgan fingerprint density at radius 3 is 2.47 bits per heavy atom. The van der Waals surface area contributed by atoms with Gasteiger partial charge < -0.3 is 4.74 Å². The number of ether oxygens (including phenoxy) is 1. The second kappa shape index (κ2) is 4.33. The molecule has 2 nitrogen and oxygen atoms in total. The number of benzene rings is 1. The van der Waals surface area contributed by atoms with Crippen molar-refractivity contribution >= 4 is 0 Å². The Labute approximate surface area is 91.9 Å². The molecule has 0 amide bonds. The van der Waals surface area contributed by atoms with Gasteiger partial charge in [-0.05, 0) is 26.5 Å². The number of morpholine rings is 1. The topological polar surface area (TPSA) is 12.5 Å². The summed E-state index contributed by atoms with van der Waals surface area (Å²) < 4.78 is 6.01. The quantitative estimate of drug-likeness (QED) is 0.698. The number of hydrogen-bond acceptors (Lipinski definition) is 2. The van der Waals surface area contributed by atoms with Crippen molar-refractivity contribution < 1.29 is 4.74 Å². The fourth-order valence-electron chi connectivity index (χ4n) is 2.05. The first-order valence-electron chi connectivity index (χ1n) is 5.59. The predicted molar refractivity (Wildman–Crippen MR) is 61.8 cm³/mol. The zero-order valence-corrected chi connectivity index (χ0v) is 9.68. The third-order valence-corrected chi connectivity index (χ3v) is 3.38. The molecular formula is C13H19NO. The highest BCUT2D eigenvalue weighted by Gasteiger charge is 2.29. The van der Waals surface area contributed by atoms with Crippen LogP contribution in [-0.4, -0.2) is 30.6 Å². The summed E-state index contributed by atoms with van der Waals surface area (Å²) in [5.74, 6) is 0. The van der Waals surface area contributed by atoms with Crippen LogP contribution in [0.2, 0.25) is 0 Å². The Bertz CT molecular complexity index is 300. The summed E-state index contributed by atoms with van der Waals surface area (Å²) in [7, 11) is 2.17. The second-order valence-corrected chi connectivity index (χ2v) is 4.42. The Hall–Kier alpha value is -0.860. The van der Waals surface area contributed by atoms with E-state index in [1.54, 1.807) is 0 Å². The van der Waals surface area contributed by atoms with Crippen molar-refractivity contribution in [2.45, 2.75) is 32.1 Å². The molecule has 1 saturated heterocycles. The van der Waals surface area contributed by atoms with Gasteiger partial charge in [-0.15, -0.1) is 0 Å². The highest BCUT2D eigenvalue weighted by molar-refractivity contribution is 5.18. The zero-order chi connectivity index (χ0) is 10.8. The van der Waals surface area contributed by atoms with Crippen molar-refractivity contribution in [1.82, 2.24) is 4.90 Å². The Kier molecular flexibility index (Phi) is 3.08. The average molecular weight is 205 g/mol. The second-order valence-electron chi connectivity index (χ2n) is 4.42. The first-order valence-corrected chi connectivity index (χ1v) is 5.59. The molecule has 0 spiro atoms. The normalized spacial score (nSPS) is 32.9. The average Bonchev–Trinajstić information content (AvgIpc) is 2.26. The van der Waals surface area contributed by atoms with Crippen molar-refractivity contribution in [2.75, 3.05) is 13.6 Å². The van der Waals surface area contributed by atoms with E-state index in [0.29, 0.717) is 12.1 Å². The van der Waals surface area contributed by atoms with E-state index in [4.69, 9.17) is 4.74 Å². The highest BCUT2D eigenvalue weighted by atomic mass is 16.5. The molecule has 0 N–H and O–H groups in total. The van der Waals surface area contributed by atoms with Gasteiger partial charge >= 0.3 is 0 Å². The minimum absolute atomic E-state index is 0.224. The van der Waals surface area contributed by atoms with Gasteiger partial charge in [-0.2, -0.15) is 0 Å². The van der Waals surface area contributed by atoms with Crippen molar-refractivity contribution in [2.24, 2.45) is 0 Å². The van der Waals surface area contributed by atoms with Crippen LogP contribution in [-0.2, 0) is 4.74 Å². The highest BCUT2D eigenvalue weighted by Crippen LogP contribution is 2.27. The molecule has 82 valence electrons. The van der Waals surface area contributed by atoms with Crippen LogP contribution in [0.3, 0.4) is 0 Å². The molecule has 0 saturated carbocycles. The molecule has 2 rings (SSSR count). The van der Waals surface area contributed by atoms with Gasteiger partial charge in [-0.25, -0.2) is 0 Å². The van der Waals surface area contributed by atoms with Crippen LogP contribution in [0.25, 0.3) is 0 Å². The van der Waals surface area contributed by atoms with E-state index in [-0.39, 0.29) is 6.10 Å². The summed E-state index contributed by atoms with van der Waals surface area (Å²) in [6.45, 7) is 5.34. The van der Waals surface area contributed by atoms with Gasteiger partial charge in [0.2, 0.25) is 0 Å². The monoisotopic (exact) mass is 205 g/mol. The molecule has 1 aliphatic heterocycles. The standard InChI is InChI=1S/C13H19NO/c1-10-11(2)15-13(9-14(10)3)12-7-5-4-6-8-12/h4-8,10-11,13H,9H2,1-3H3. The molecule has 0 bridgehead atoms. The van der Waals surface area contributed by atoms with E-state index in [1.807, 2.05) is 6.07 Å². The van der Waals surface area contributed by atoms with Crippen LogP contribution in [0.4, 0.5) is 0 Å². The van der Waals surface area contributed by atoms with Crippen LogP contribution in [0.5, 0.6) is 0 Å². The van der Waals surface area contributed by atoms with Gasteiger partial charge in [0.25, 0.3) is 0 Å². The molecule has 1 fully saturated rings. The van der Waals surface area contributed by atoms with Gasteiger partial charge in [0.15, 0.2) is 0 Å². The Morgan fingerprint density at radius 1 is 1.20 bits per heavy atom. The minimum atomic E-state index is 0.224. The summed E-state index contributed by atoms with van der Waals surface area (Å²) >= 11 is 0. The molecular weight excluding hydrogens is 186 g/mol. The van der Waals surface area contributed by atoms with Crippen LogP contribution < -0.4 is 0 Å². The zero-order valence-electron chi connectivity index (χ0n) is 9.68. The fourth-order valence-corrected chi connectivity index (χ4v) is 2.05. The van der Waals surface area contributed by atoms with Gasteiger partial charge in [-0.1, -0.05) is 30.3 Å². The number of hydrogen-bond donors (Lipinski definition) is 0. The first kappa shape index (κ1) is 10.7. The van der Waals surface area contributed by atoms with Crippen molar-refractivity contribution in [3.8, 4) is 0 Å². The van der Waals surface area contributed by atoms with E-state index in [9.17, 15) is 0 Å². The molecule has 0 aromatic heterocycles. The van der Waals surface area contributed by atoms with Gasteiger partial charge in [-0.3, -0.25) is 4.90 Å². The Balaban J connectivity index is 2.13. The Morgan fingerprint density at radius 2 is 1.87 bits per heavy atom. The molecule has 15 heavy (non-hydrogen) atoms. The smallest absolute Gasteiger partial charge is 0.0956 e. The van der Waals surface area contributed by atoms with Crippen LogP contribution in [0.1, 0.15) is 25.5 Å². The minimum Gasteiger partial charge on any atom is -0.368 e. The van der Waals surface area contributed by atoms with Gasteiger partial charge in [0.05, 0.1) is 12.2 Å².